The number of fused-ring (bicyclic) bond motifs is 1. The van der Waals surface area contributed by atoms with Crippen molar-refractivity contribution >= 4 is 17.7 Å². The van der Waals surface area contributed by atoms with Gasteiger partial charge in [0.2, 0.25) is 11.8 Å². The molecule has 138 valence electrons. The Labute approximate surface area is 151 Å². The number of benzene rings is 1. The van der Waals surface area contributed by atoms with Gasteiger partial charge in [0, 0.05) is 24.6 Å². The molecule has 7 heteroatoms. The summed E-state index contributed by atoms with van der Waals surface area (Å²) in [6, 6.07) is 4.88. The minimum atomic E-state index is -0.594. The van der Waals surface area contributed by atoms with Crippen LogP contribution in [0, 0.1) is 0 Å². The minimum absolute atomic E-state index is 0.00476. The zero-order valence-corrected chi connectivity index (χ0v) is 14.6. The van der Waals surface area contributed by atoms with Gasteiger partial charge in [0.25, 0.3) is 5.91 Å². The van der Waals surface area contributed by atoms with Gasteiger partial charge in [-0.1, -0.05) is 6.42 Å². The lowest BCUT2D eigenvalue weighted by Crippen LogP contribution is -2.52. The summed E-state index contributed by atoms with van der Waals surface area (Å²) in [6.45, 7) is 0.356. The Morgan fingerprint density at radius 2 is 1.92 bits per heavy atom. The van der Waals surface area contributed by atoms with E-state index in [1.165, 1.54) is 0 Å². The number of piperidine rings is 1. The molecule has 1 aliphatic carbocycles. The van der Waals surface area contributed by atoms with E-state index in [1.54, 1.807) is 17.0 Å². The molecule has 1 aromatic carbocycles. The maximum absolute atomic E-state index is 12.7. The third kappa shape index (κ3) is 3.07. The Morgan fingerprint density at radius 3 is 2.69 bits per heavy atom. The predicted molar refractivity (Wildman–Crippen MR) is 93.3 cm³/mol. The second-order valence-electron chi connectivity index (χ2n) is 7.32. The topological polar surface area (TPSA) is 102 Å². The number of nitrogens with one attached hydrogen (secondary N) is 1. The number of hydrogen-bond donors (Lipinski definition) is 2. The number of carbonyl (C=O) groups excluding carboxylic acids is 3. The maximum Gasteiger partial charge on any atom is 0.255 e. The van der Waals surface area contributed by atoms with Gasteiger partial charge in [-0.15, -0.1) is 0 Å². The van der Waals surface area contributed by atoms with Crippen LogP contribution in [-0.2, 0) is 16.1 Å². The second-order valence-corrected chi connectivity index (χ2v) is 7.32. The molecular formula is C19H23N3O4. The highest BCUT2D eigenvalue weighted by atomic mass is 16.5. The Kier molecular flexibility index (Phi) is 4.40. The van der Waals surface area contributed by atoms with E-state index in [9.17, 15) is 14.4 Å². The number of hydrogen-bond acceptors (Lipinski definition) is 5. The van der Waals surface area contributed by atoms with Gasteiger partial charge < -0.3 is 15.4 Å². The van der Waals surface area contributed by atoms with E-state index in [4.69, 9.17) is 10.5 Å². The molecule has 2 heterocycles. The summed E-state index contributed by atoms with van der Waals surface area (Å²) in [4.78, 5) is 37.6. The van der Waals surface area contributed by atoms with Gasteiger partial charge in [0.1, 0.15) is 17.9 Å². The molecule has 1 unspecified atom stereocenters. The SMILES string of the molecule is N[C@H]1CCCC[C@@H]1Oc1ccc2c(c1)CN(C1CCC(=O)NC1=O)C2=O. The van der Waals surface area contributed by atoms with E-state index in [-0.39, 0.29) is 30.4 Å². The highest BCUT2D eigenvalue weighted by Gasteiger charge is 2.39. The second kappa shape index (κ2) is 6.72. The van der Waals surface area contributed by atoms with Crippen LogP contribution in [-0.4, -0.2) is 40.8 Å². The van der Waals surface area contributed by atoms with Gasteiger partial charge in [0.05, 0.1) is 0 Å². The van der Waals surface area contributed by atoms with Crippen LogP contribution in [0.3, 0.4) is 0 Å². The van der Waals surface area contributed by atoms with Crippen LogP contribution in [0.2, 0.25) is 0 Å². The first-order valence-electron chi connectivity index (χ1n) is 9.23. The van der Waals surface area contributed by atoms with Crippen LogP contribution in [0.25, 0.3) is 0 Å². The normalized spacial score (nSPS) is 28.7. The molecule has 3 atom stereocenters. The fourth-order valence-electron chi connectivity index (χ4n) is 4.07. The molecule has 3 N–H and O–H groups in total. The molecule has 3 aliphatic rings. The van der Waals surface area contributed by atoms with Crippen molar-refractivity contribution in [3.8, 4) is 5.75 Å². The zero-order chi connectivity index (χ0) is 18.3. The third-order valence-corrected chi connectivity index (χ3v) is 5.54. The van der Waals surface area contributed by atoms with E-state index in [0.29, 0.717) is 24.3 Å². The number of imide groups is 1. The third-order valence-electron chi connectivity index (χ3n) is 5.54. The Bertz CT molecular complexity index is 763. The molecule has 0 radical (unpaired) electrons. The van der Waals surface area contributed by atoms with Crippen molar-refractivity contribution in [1.82, 2.24) is 10.2 Å². The molecule has 3 amide bonds. The largest absolute Gasteiger partial charge is 0.489 e. The number of amides is 3. The summed E-state index contributed by atoms with van der Waals surface area (Å²) in [7, 11) is 0. The fourth-order valence-corrected chi connectivity index (χ4v) is 4.07. The van der Waals surface area contributed by atoms with Gasteiger partial charge in [-0.25, -0.2) is 0 Å². The van der Waals surface area contributed by atoms with Crippen molar-refractivity contribution in [2.75, 3.05) is 0 Å². The molecule has 1 saturated heterocycles. The van der Waals surface area contributed by atoms with Gasteiger partial charge in [0.15, 0.2) is 0 Å². The molecule has 1 saturated carbocycles. The molecule has 1 aromatic rings. The van der Waals surface area contributed by atoms with Crippen LogP contribution in [0.1, 0.15) is 54.4 Å². The highest BCUT2D eigenvalue weighted by molar-refractivity contribution is 6.05. The molecular weight excluding hydrogens is 334 g/mol. The standard InChI is InChI=1S/C19H23N3O4/c20-14-3-1-2-4-16(14)26-12-5-6-13-11(9-12)10-22(19(13)25)15-7-8-17(23)21-18(15)24/h5-6,9,14-16H,1-4,7-8,10,20H2,(H,21,23,24)/t14-,15?,16-/m0/s1. The Morgan fingerprint density at radius 1 is 1.12 bits per heavy atom. The number of nitrogens with zero attached hydrogens (tertiary/aromatic N) is 1. The first kappa shape index (κ1) is 17.0. The van der Waals surface area contributed by atoms with Crippen LogP contribution in [0.15, 0.2) is 18.2 Å². The molecule has 0 spiro atoms. The summed E-state index contributed by atoms with van der Waals surface area (Å²) in [6.07, 6.45) is 4.79. The van der Waals surface area contributed by atoms with E-state index >= 15 is 0 Å². The summed E-state index contributed by atoms with van der Waals surface area (Å²) >= 11 is 0. The van der Waals surface area contributed by atoms with Crippen LogP contribution in [0.4, 0.5) is 0 Å². The number of ether oxygens (including phenoxy) is 1. The van der Waals surface area contributed by atoms with Crippen molar-refractivity contribution in [1.29, 1.82) is 0 Å². The van der Waals surface area contributed by atoms with Gasteiger partial charge >= 0.3 is 0 Å². The first-order valence-corrected chi connectivity index (χ1v) is 9.23. The molecule has 7 nitrogen and oxygen atoms in total. The lowest BCUT2D eigenvalue weighted by atomic mass is 9.93. The first-order chi connectivity index (χ1) is 12.5. The summed E-state index contributed by atoms with van der Waals surface area (Å²) in [5, 5.41) is 2.31. The van der Waals surface area contributed by atoms with E-state index in [0.717, 1.165) is 31.2 Å². The van der Waals surface area contributed by atoms with Gasteiger partial charge in [-0.3, -0.25) is 19.7 Å². The van der Waals surface area contributed by atoms with Crippen molar-refractivity contribution in [3.63, 3.8) is 0 Å². The Balaban J connectivity index is 1.49. The molecule has 26 heavy (non-hydrogen) atoms. The van der Waals surface area contributed by atoms with E-state index < -0.39 is 11.9 Å². The fraction of sp³-hybridized carbons (Fsp3) is 0.526. The van der Waals surface area contributed by atoms with Gasteiger partial charge in [-0.05, 0) is 49.4 Å². The lowest BCUT2D eigenvalue weighted by molar-refractivity contribution is -0.136. The lowest BCUT2D eigenvalue weighted by Gasteiger charge is -2.29. The molecule has 0 bridgehead atoms. The van der Waals surface area contributed by atoms with Crippen LogP contribution < -0.4 is 15.8 Å². The Hall–Kier alpha value is -2.41. The number of nitrogens with two attached hydrogens (primary N) is 1. The molecule has 0 aromatic heterocycles. The van der Waals surface area contributed by atoms with E-state index in [1.807, 2.05) is 6.07 Å². The van der Waals surface area contributed by atoms with Crippen molar-refractivity contribution in [2.24, 2.45) is 5.73 Å². The van der Waals surface area contributed by atoms with Crippen molar-refractivity contribution in [2.45, 2.75) is 63.3 Å². The highest BCUT2D eigenvalue weighted by Crippen LogP contribution is 2.31. The van der Waals surface area contributed by atoms with Gasteiger partial charge in [-0.2, -0.15) is 0 Å². The van der Waals surface area contributed by atoms with Crippen LogP contribution in [0.5, 0.6) is 5.75 Å². The predicted octanol–water partition coefficient (Wildman–Crippen LogP) is 1.10. The number of rotatable bonds is 3. The molecule has 4 rings (SSSR count). The zero-order valence-electron chi connectivity index (χ0n) is 14.6. The smallest absolute Gasteiger partial charge is 0.255 e. The van der Waals surface area contributed by atoms with Crippen molar-refractivity contribution < 1.29 is 19.1 Å². The molecule has 2 fully saturated rings. The average molecular weight is 357 g/mol. The summed E-state index contributed by atoms with van der Waals surface area (Å²) < 4.78 is 6.07. The van der Waals surface area contributed by atoms with E-state index in [2.05, 4.69) is 5.32 Å². The molecule has 2 aliphatic heterocycles. The minimum Gasteiger partial charge on any atom is -0.489 e. The van der Waals surface area contributed by atoms with Crippen molar-refractivity contribution in [3.05, 3.63) is 29.3 Å². The maximum atomic E-state index is 12.7. The summed E-state index contributed by atoms with van der Waals surface area (Å²) in [5.41, 5.74) is 7.59. The van der Waals surface area contributed by atoms with Crippen LogP contribution >= 0.6 is 0 Å². The number of carbonyl (C=O) groups is 3. The summed E-state index contributed by atoms with van der Waals surface area (Å²) in [5.74, 6) is -0.138. The quantitative estimate of drug-likeness (QED) is 0.789. The monoisotopic (exact) mass is 357 g/mol. The average Bonchev–Trinajstić information content (AvgIpc) is 2.93.